The van der Waals surface area contributed by atoms with Crippen LogP contribution in [0, 0.1) is 0 Å². The predicted molar refractivity (Wildman–Crippen MR) is 83.4 cm³/mol. The Morgan fingerprint density at radius 3 is 2.45 bits per heavy atom. The molecule has 0 bridgehead atoms. The van der Waals surface area contributed by atoms with Gasteiger partial charge in [0.15, 0.2) is 5.65 Å². The molecule has 0 aliphatic rings. The van der Waals surface area contributed by atoms with Crippen LogP contribution in [0.3, 0.4) is 0 Å². The minimum Gasteiger partial charge on any atom is -0.259 e. The molecule has 0 radical (unpaired) electrons. The molecule has 0 aromatic carbocycles. The van der Waals surface area contributed by atoms with Crippen LogP contribution >= 0.6 is 12.6 Å². The summed E-state index contributed by atoms with van der Waals surface area (Å²) in [5.41, 5.74) is 0.542. The second-order valence-corrected chi connectivity index (χ2v) is 5.46. The van der Waals surface area contributed by atoms with Crippen molar-refractivity contribution < 1.29 is 0 Å². The largest absolute Gasteiger partial charge is 0.350 e. The number of unbranched alkanes of at least 4 members (excludes halogenated alkanes) is 6. The fraction of sp³-hybridized carbons (Fsp3) is 0.643. The number of rotatable bonds is 9. The van der Waals surface area contributed by atoms with Crippen LogP contribution in [0.2, 0.25) is 0 Å². The van der Waals surface area contributed by atoms with Crippen molar-refractivity contribution >= 4 is 18.3 Å². The molecule has 2 heterocycles. The quantitative estimate of drug-likeness (QED) is 0.571. The highest BCUT2D eigenvalue weighted by atomic mass is 32.1. The molecule has 6 heteroatoms. The Morgan fingerprint density at radius 2 is 1.75 bits per heavy atom. The lowest BCUT2D eigenvalue weighted by Crippen LogP contribution is -2.21. The molecule has 0 saturated heterocycles. The van der Waals surface area contributed by atoms with E-state index in [2.05, 4.69) is 22.7 Å². The monoisotopic (exact) mass is 294 g/mol. The lowest BCUT2D eigenvalue weighted by molar-refractivity contribution is 0.513. The number of nitrogens with zero attached hydrogens (tertiary/aromatic N) is 4. The molecule has 0 saturated carbocycles. The zero-order valence-electron chi connectivity index (χ0n) is 11.7. The molecular weight excluding hydrogens is 272 g/mol. The summed E-state index contributed by atoms with van der Waals surface area (Å²) in [4.78, 5) is 16.0. The minimum atomic E-state index is -0.0730. The normalized spacial score (nSPS) is 11.2. The van der Waals surface area contributed by atoms with Gasteiger partial charge in [-0.3, -0.25) is 4.98 Å². The van der Waals surface area contributed by atoms with Gasteiger partial charge in [0.1, 0.15) is 0 Å². The fourth-order valence-corrected chi connectivity index (χ4v) is 2.51. The van der Waals surface area contributed by atoms with Crippen LogP contribution in [0.15, 0.2) is 23.4 Å². The number of aromatic nitrogens is 4. The second-order valence-electron chi connectivity index (χ2n) is 5.01. The number of hydrogen-bond donors (Lipinski definition) is 1. The smallest absolute Gasteiger partial charge is 0.259 e. The molecule has 2 rings (SSSR count). The first-order chi connectivity index (χ1) is 9.83. The van der Waals surface area contributed by atoms with E-state index in [1.165, 1.54) is 41.2 Å². The van der Waals surface area contributed by atoms with E-state index >= 15 is 0 Å². The van der Waals surface area contributed by atoms with Gasteiger partial charge in [-0.1, -0.05) is 32.1 Å². The molecule has 0 unspecified atom stereocenters. The van der Waals surface area contributed by atoms with Crippen LogP contribution in [0.25, 0.3) is 5.65 Å². The van der Waals surface area contributed by atoms with Crippen LogP contribution in [0.1, 0.15) is 44.9 Å². The molecule has 0 amide bonds. The van der Waals surface area contributed by atoms with E-state index in [1.807, 2.05) is 0 Å². The topological polar surface area (TPSA) is 52.2 Å². The molecule has 0 aliphatic carbocycles. The van der Waals surface area contributed by atoms with Crippen molar-refractivity contribution in [2.24, 2.45) is 0 Å². The summed E-state index contributed by atoms with van der Waals surface area (Å²) < 4.78 is 3.07. The number of aryl methyl sites for hydroxylation is 1. The van der Waals surface area contributed by atoms with Crippen LogP contribution in [-0.2, 0) is 6.54 Å². The maximum Gasteiger partial charge on any atom is 0.350 e. The summed E-state index contributed by atoms with van der Waals surface area (Å²) in [7, 11) is 0. The zero-order chi connectivity index (χ0) is 14.2. The Balaban J connectivity index is 1.71. The van der Waals surface area contributed by atoms with Crippen molar-refractivity contribution in [3.63, 3.8) is 0 Å². The molecule has 2 aromatic heterocycles. The summed E-state index contributed by atoms with van der Waals surface area (Å²) in [6.45, 7) is 0.692. The van der Waals surface area contributed by atoms with Gasteiger partial charge in [0.05, 0.1) is 6.20 Å². The standard InChI is InChI=1S/C14H22N4OS/c19-14-17-10-8-15-12-13(17)16-18(14)9-6-4-2-1-3-5-7-11-20/h8,10,12,20H,1-7,9,11H2. The van der Waals surface area contributed by atoms with Crippen LogP contribution < -0.4 is 5.69 Å². The van der Waals surface area contributed by atoms with Gasteiger partial charge < -0.3 is 0 Å². The van der Waals surface area contributed by atoms with E-state index in [0.29, 0.717) is 12.2 Å². The maximum absolute atomic E-state index is 12.0. The van der Waals surface area contributed by atoms with Crippen molar-refractivity contribution in [3.8, 4) is 0 Å². The molecule has 0 fully saturated rings. The highest BCUT2D eigenvalue weighted by Gasteiger charge is 2.05. The van der Waals surface area contributed by atoms with E-state index in [4.69, 9.17) is 0 Å². The molecule has 0 aliphatic heterocycles. The van der Waals surface area contributed by atoms with Crippen molar-refractivity contribution in [1.82, 2.24) is 19.2 Å². The van der Waals surface area contributed by atoms with Gasteiger partial charge in [0, 0.05) is 18.9 Å². The van der Waals surface area contributed by atoms with Gasteiger partial charge in [0.2, 0.25) is 0 Å². The molecule has 0 atom stereocenters. The highest BCUT2D eigenvalue weighted by Crippen LogP contribution is 2.08. The van der Waals surface area contributed by atoms with Crippen molar-refractivity contribution in [1.29, 1.82) is 0 Å². The van der Waals surface area contributed by atoms with Gasteiger partial charge in [-0.2, -0.15) is 12.6 Å². The van der Waals surface area contributed by atoms with Crippen LogP contribution in [-0.4, -0.2) is 24.9 Å². The average molecular weight is 294 g/mol. The Labute approximate surface area is 124 Å². The van der Waals surface area contributed by atoms with Gasteiger partial charge in [-0.25, -0.2) is 13.9 Å². The minimum absolute atomic E-state index is 0.0730. The lowest BCUT2D eigenvalue weighted by atomic mass is 10.1. The third-order valence-electron chi connectivity index (χ3n) is 3.42. The van der Waals surface area contributed by atoms with Crippen molar-refractivity contribution in [3.05, 3.63) is 29.1 Å². The first-order valence-electron chi connectivity index (χ1n) is 7.33. The van der Waals surface area contributed by atoms with Gasteiger partial charge in [0.25, 0.3) is 0 Å². The van der Waals surface area contributed by atoms with Gasteiger partial charge in [-0.05, 0) is 18.6 Å². The first kappa shape index (κ1) is 15.1. The third kappa shape index (κ3) is 4.10. The lowest BCUT2D eigenvalue weighted by Gasteiger charge is -2.01. The van der Waals surface area contributed by atoms with Crippen LogP contribution in [0.4, 0.5) is 0 Å². The fourth-order valence-electron chi connectivity index (χ4n) is 2.28. The molecule has 0 spiro atoms. The number of fused-ring (bicyclic) bond motifs is 1. The SMILES string of the molecule is O=c1n(CCCCCCCCCS)nc2cnccn12. The summed E-state index contributed by atoms with van der Waals surface area (Å²) in [5, 5.41) is 4.27. The summed E-state index contributed by atoms with van der Waals surface area (Å²) in [6.07, 6.45) is 13.3. The molecule has 5 nitrogen and oxygen atoms in total. The molecular formula is C14H22N4OS. The predicted octanol–water partition coefficient (Wildman–Crippen LogP) is 2.55. The van der Waals surface area contributed by atoms with Gasteiger partial charge in [-0.15, -0.1) is 5.10 Å². The third-order valence-corrected chi connectivity index (χ3v) is 3.73. The first-order valence-corrected chi connectivity index (χ1v) is 7.96. The summed E-state index contributed by atoms with van der Waals surface area (Å²) >= 11 is 4.20. The van der Waals surface area contributed by atoms with E-state index in [0.717, 1.165) is 18.6 Å². The number of hydrogen-bond acceptors (Lipinski definition) is 4. The van der Waals surface area contributed by atoms with Gasteiger partial charge >= 0.3 is 5.69 Å². The van der Waals surface area contributed by atoms with Crippen molar-refractivity contribution in [2.45, 2.75) is 51.5 Å². The Morgan fingerprint density at radius 1 is 1.05 bits per heavy atom. The summed E-state index contributed by atoms with van der Waals surface area (Å²) in [5.74, 6) is 0.992. The van der Waals surface area contributed by atoms with Crippen LogP contribution in [0.5, 0.6) is 0 Å². The molecule has 2 aromatic rings. The van der Waals surface area contributed by atoms with E-state index in [1.54, 1.807) is 18.6 Å². The Bertz CT molecular complexity index is 578. The molecule has 0 N–H and O–H groups in total. The second kappa shape index (κ2) is 8.09. The Hall–Kier alpha value is -1.30. The molecule has 110 valence electrons. The maximum atomic E-state index is 12.0. The van der Waals surface area contributed by atoms with E-state index in [-0.39, 0.29) is 5.69 Å². The highest BCUT2D eigenvalue weighted by molar-refractivity contribution is 7.80. The van der Waals surface area contributed by atoms with Crippen molar-refractivity contribution in [2.75, 3.05) is 5.75 Å². The van der Waals surface area contributed by atoms with E-state index < -0.39 is 0 Å². The Kier molecular flexibility index (Phi) is 6.11. The summed E-state index contributed by atoms with van der Waals surface area (Å²) in [6, 6.07) is 0. The number of thiol groups is 1. The zero-order valence-corrected chi connectivity index (χ0v) is 12.6. The average Bonchev–Trinajstić information content (AvgIpc) is 2.79. The molecule has 20 heavy (non-hydrogen) atoms. The van der Waals surface area contributed by atoms with E-state index in [9.17, 15) is 4.79 Å².